The van der Waals surface area contributed by atoms with Gasteiger partial charge in [0.05, 0.1) is 4.92 Å². The number of amides is 1. The van der Waals surface area contributed by atoms with Crippen molar-refractivity contribution in [2.75, 3.05) is 10.6 Å². The molecule has 0 fully saturated rings. The van der Waals surface area contributed by atoms with Gasteiger partial charge in [-0.3, -0.25) is 20.2 Å². The SMILES string of the molecule is O=C(Nc1nc2n(n1)[C@H](c1ccc(Cl)cc1)C=C(c1ccccc1)N2)c1ccc(Cl)c([N+](=O)[O-])c1. The summed E-state index contributed by atoms with van der Waals surface area (Å²) in [5.41, 5.74) is 2.40. The van der Waals surface area contributed by atoms with Crippen LogP contribution in [0.25, 0.3) is 5.70 Å². The van der Waals surface area contributed by atoms with Crippen LogP contribution in [0.2, 0.25) is 10.0 Å². The Labute approximate surface area is 209 Å². The minimum atomic E-state index is -0.649. The molecule has 0 radical (unpaired) electrons. The fourth-order valence-electron chi connectivity index (χ4n) is 3.70. The molecule has 2 N–H and O–H groups in total. The van der Waals surface area contributed by atoms with Gasteiger partial charge in [-0.1, -0.05) is 65.7 Å². The number of halogens is 2. The molecule has 3 aromatic carbocycles. The molecule has 0 saturated carbocycles. The number of rotatable bonds is 5. The first-order valence-corrected chi connectivity index (χ1v) is 11.2. The fraction of sp³-hybridized carbons (Fsp3) is 0.0417. The maximum Gasteiger partial charge on any atom is 0.288 e. The molecule has 0 spiro atoms. The number of anilines is 2. The summed E-state index contributed by atoms with van der Waals surface area (Å²) in [4.78, 5) is 27.7. The molecule has 5 rings (SSSR count). The summed E-state index contributed by atoms with van der Waals surface area (Å²) < 4.78 is 1.65. The van der Waals surface area contributed by atoms with E-state index in [0.29, 0.717) is 11.0 Å². The number of hydrogen-bond acceptors (Lipinski definition) is 6. The van der Waals surface area contributed by atoms with Crippen molar-refractivity contribution in [1.29, 1.82) is 0 Å². The highest BCUT2D eigenvalue weighted by atomic mass is 35.5. The van der Waals surface area contributed by atoms with Crippen molar-refractivity contribution < 1.29 is 9.72 Å². The molecule has 1 aliphatic rings. The van der Waals surface area contributed by atoms with Crippen LogP contribution in [0.5, 0.6) is 0 Å². The van der Waals surface area contributed by atoms with Crippen molar-refractivity contribution in [3.05, 3.63) is 116 Å². The summed E-state index contributed by atoms with van der Waals surface area (Å²) in [7, 11) is 0. The van der Waals surface area contributed by atoms with Crippen molar-refractivity contribution in [2.24, 2.45) is 0 Å². The lowest BCUT2D eigenvalue weighted by Gasteiger charge is -2.24. The second-order valence-corrected chi connectivity index (χ2v) is 8.49. The van der Waals surface area contributed by atoms with E-state index < -0.39 is 10.8 Å². The van der Waals surface area contributed by atoms with Gasteiger partial charge in [0, 0.05) is 22.3 Å². The van der Waals surface area contributed by atoms with Gasteiger partial charge in [-0.05, 0) is 41.5 Å². The zero-order valence-electron chi connectivity index (χ0n) is 17.9. The predicted molar refractivity (Wildman–Crippen MR) is 134 cm³/mol. The first-order chi connectivity index (χ1) is 16.9. The van der Waals surface area contributed by atoms with Crippen LogP contribution < -0.4 is 10.6 Å². The Morgan fingerprint density at radius 1 is 1.06 bits per heavy atom. The van der Waals surface area contributed by atoms with Crippen molar-refractivity contribution in [1.82, 2.24) is 14.8 Å². The average Bonchev–Trinajstić information content (AvgIpc) is 3.27. The van der Waals surface area contributed by atoms with E-state index in [1.807, 2.05) is 48.5 Å². The lowest BCUT2D eigenvalue weighted by atomic mass is 10.0. The molecule has 11 heteroatoms. The van der Waals surface area contributed by atoms with Gasteiger partial charge in [-0.25, -0.2) is 4.68 Å². The van der Waals surface area contributed by atoms with E-state index >= 15 is 0 Å². The summed E-state index contributed by atoms with van der Waals surface area (Å²) in [5, 5.41) is 22.1. The highest BCUT2D eigenvalue weighted by Gasteiger charge is 2.26. The summed E-state index contributed by atoms with van der Waals surface area (Å²) in [6, 6.07) is 20.6. The number of carbonyl (C=O) groups excluding carboxylic acids is 1. The van der Waals surface area contributed by atoms with Crippen LogP contribution in [0.1, 0.15) is 27.5 Å². The number of nitrogens with zero attached hydrogens (tertiary/aromatic N) is 4. The second kappa shape index (κ2) is 9.21. The third kappa shape index (κ3) is 4.59. The molecular formula is C24H16Cl2N6O3. The third-order valence-electron chi connectivity index (χ3n) is 5.39. The van der Waals surface area contributed by atoms with Gasteiger partial charge in [0.2, 0.25) is 5.95 Å². The molecule has 4 aromatic rings. The molecule has 9 nitrogen and oxygen atoms in total. The first kappa shape index (κ1) is 22.6. The minimum absolute atomic E-state index is 0.0387. The summed E-state index contributed by atoms with van der Waals surface area (Å²) in [6.45, 7) is 0. The molecule has 0 unspecified atom stereocenters. The lowest BCUT2D eigenvalue weighted by molar-refractivity contribution is -0.384. The average molecular weight is 507 g/mol. The number of allylic oxidation sites excluding steroid dienone is 1. The molecule has 1 aromatic heterocycles. The maximum atomic E-state index is 12.8. The molecule has 1 amide bonds. The maximum absolute atomic E-state index is 12.8. The molecule has 2 heterocycles. The molecule has 35 heavy (non-hydrogen) atoms. The topological polar surface area (TPSA) is 115 Å². The number of fused-ring (bicyclic) bond motifs is 1. The van der Waals surface area contributed by atoms with Crippen LogP contribution in [-0.4, -0.2) is 25.6 Å². The number of nitrogens with one attached hydrogen (secondary N) is 2. The van der Waals surface area contributed by atoms with E-state index in [0.717, 1.165) is 22.9 Å². The Hall–Kier alpha value is -4.21. The molecule has 0 aliphatic carbocycles. The summed E-state index contributed by atoms with van der Waals surface area (Å²) >= 11 is 11.9. The zero-order valence-corrected chi connectivity index (χ0v) is 19.4. The van der Waals surface area contributed by atoms with Crippen LogP contribution in [0.15, 0.2) is 78.9 Å². The Bertz CT molecular complexity index is 1470. The lowest BCUT2D eigenvalue weighted by Crippen LogP contribution is -2.20. The van der Waals surface area contributed by atoms with Gasteiger partial charge < -0.3 is 5.32 Å². The Kier molecular flexibility index (Phi) is 5.94. The predicted octanol–water partition coefficient (Wildman–Crippen LogP) is 5.80. The first-order valence-electron chi connectivity index (χ1n) is 10.4. The van der Waals surface area contributed by atoms with E-state index in [4.69, 9.17) is 23.2 Å². The van der Waals surface area contributed by atoms with Gasteiger partial charge in [-0.2, -0.15) is 4.98 Å². The van der Waals surface area contributed by atoms with Crippen molar-refractivity contribution >= 4 is 52.4 Å². The number of nitro benzene ring substituents is 1. The van der Waals surface area contributed by atoms with Crippen molar-refractivity contribution in [2.45, 2.75) is 6.04 Å². The largest absolute Gasteiger partial charge is 0.324 e. The van der Waals surface area contributed by atoms with Gasteiger partial charge in [-0.15, -0.1) is 5.10 Å². The molecule has 0 bridgehead atoms. The normalized spacial score (nSPS) is 14.5. The minimum Gasteiger partial charge on any atom is -0.324 e. The number of hydrogen-bond donors (Lipinski definition) is 2. The van der Waals surface area contributed by atoms with Crippen LogP contribution in [0.3, 0.4) is 0 Å². The Morgan fingerprint density at radius 3 is 2.51 bits per heavy atom. The van der Waals surface area contributed by atoms with Gasteiger partial charge >= 0.3 is 0 Å². The highest BCUT2D eigenvalue weighted by Crippen LogP contribution is 2.34. The number of benzene rings is 3. The van der Waals surface area contributed by atoms with Gasteiger partial charge in [0.1, 0.15) is 11.1 Å². The second-order valence-electron chi connectivity index (χ2n) is 7.65. The van der Waals surface area contributed by atoms with Crippen LogP contribution in [-0.2, 0) is 0 Å². The van der Waals surface area contributed by atoms with Crippen LogP contribution >= 0.6 is 23.2 Å². The van der Waals surface area contributed by atoms with E-state index in [-0.39, 0.29) is 28.3 Å². The van der Waals surface area contributed by atoms with Crippen molar-refractivity contribution in [3.8, 4) is 0 Å². The number of aromatic nitrogens is 3. The highest BCUT2D eigenvalue weighted by molar-refractivity contribution is 6.32. The summed E-state index contributed by atoms with van der Waals surface area (Å²) in [6.07, 6.45) is 2.01. The standard InChI is InChI=1S/C24H16Cl2N6O3/c25-17-9-6-15(7-10-17)20-13-19(14-4-2-1-3-5-14)27-24-29-23(30-31(20)24)28-22(33)16-8-11-18(26)21(12-16)32(34)35/h1-13,20H,(H2,27,28,29,30,33)/t20-/m0/s1. The number of nitro groups is 1. The third-order valence-corrected chi connectivity index (χ3v) is 5.96. The van der Waals surface area contributed by atoms with Gasteiger partial charge in [0.25, 0.3) is 17.5 Å². The smallest absolute Gasteiger partial charge is 0.288 e. The van der Waals surface area contributed by atoms with Crippen LogP contribution in [0.4, 0.5) is 17.6 Å². The molecule has 1 aliphatic heterocycles. The van der Waals surface area contributed by atoms with E-state index in [1.54, 1.807) is 16.8 Å². The van der Waals surface area contributed by atoms with E-state index in [2.05, 4.69) is 20.7 Å². The van der Waals surface area contributed by atoms with Gasteiger partial charge in [0.15, 0.2) is 0 Å². The molecule has 1 atom stereocenters. The Balaban J connectivity index is 1.49. The quantitative estimate of drug-likeness (QED) is 0.261. The number of carbonyl (C=O) groups is 1. The van der Waals surface area contributed by atoms with E-state index in [1.165, 1.54) is 12.1 Å². The van der Waals surface area contributed by atoms with Crippen molar-refractivity contribution in [3.63, 3.8) is 0 Å². The van der Waals surface area contributed by atoms with Crippen LogP contribution in [0, 0.1) is 10.1 Å². The zero-order chi connectivity index (χ0) is 24.5. The van der Waals surface area contributed by atoms with E-state index in [9.17, 15) is 14.9 Å². The molecule has 0 saturated heterocycles. The Morgan fingerprint density at radius 2 is 1.80 bits per heavy atom. The summed E-state index contributed by atoms with van der Waals surface area (Å²) in [5.74, 6) is -0.146. The fourth-order valence-corrected chi connectivity index (χ4v) is 4.01. The monoisotopic (exact) mass is 506 g/mol. The molecule has 174 valence electrons. The molecular weight excluding hydrogens is 491 g/mol.